The van der Waals surface area contributed by atoms with Crippen LogP contribution in [0, 0.1) is 0 Å². The highest BCUT2D eigenvalue weighted by atomic mass is 14.8. The highest BCUT2D eigenvalue weighted by Crippen LogP contribution is 2.42. The fraction of sp³-hybridized carbons (Fsp3) is 0. The molecule has 0 aliphatic carbocycles. The van der Waals surface area contributed by atoms with Crippen LogP contribution in [-0.4, -0.2) is 39.9 Å². The number of rotatable bonds is 10. The van der Waals surface area contributed by atoms with Crippen molar-refractivity contribution < 1.29 is 0 Å². The lowest BCUT2D eigenvalue weighted by Crippen LogP contribution is -1.92. The molecule has 116 heavy (non-hydrogen) atoms. The fourth-order valence-corrected chi connectivity index (χ4v) is 16.9. The third kappa shape index (κ3) is 12.3. The maximum atomic E-state index is 5.21. The molecule has 0 bridgehead atoms. The normalized spacial score (nSPS) is 11.6. The summed E-state index contributed by atoms with van der Waals surface area (Å²) in [6.07, 6.45) is 3.67. The zero-order valence-electron chi connectivity index (χ0n) is 62.7. The molecule has 0 N–H and O–H groups in total. The van der Waals surface area contributed by atoms with E-state index in [2.05, 4.69) is 386 Å². The molecule has 0 saturated carbocycles. The number of fused-ring (bicyclic) bond motifs is 13. The molecule has 0 aliphatic heterocycles. The second-order valence-electron chi connectivity index (χ2n) is 29.7. The highest BCUT2D eigenvalue weighted by molar-refractivity contribution is 6.10. The molecule has 15 aromatic carbocycles. The van der Waals surface area contributed by atoms with Crippen LogP contribution in [0.5, 0.6) is 0 Å². The van der Waals surface area contributed by atoms with E-state index in [1.807, 2.05) is 24.5 Å². The van der Waals surface area contributed by atoms with E-state index in [4.69, 9.17) is 29.9 Å². The second kappa shape index (κ2) is 28.3. The molecule has 0 unspecified atom stereocenters. The van der Waals surface area contributed by atoms with Crippen LogP contribution in [0.3, 0.4) is 0 Å². The number of hydrogen-bond acceptors (Lipinski definition) is 8. The van der Waals surface area contributed by atoms with Gasteiger partial charge in [-0.25, -0.2) is 29.9 Å². The lowest BCUT2D eigenvalue weighted by Gasteiger charge is -2.13. The number of benzene rings is 15. The van der Waals surface area contributed by atoms with Gasteiger partial charge in [-0.1, -0.05) is 273 Å². The zero-order valence-corrected chi connectivity index (χ0v) is 62.7. The van der Waals surface area contributed by atoms with E-state index in [1.54, 1.807) is 0 Å². The highest BCUT2D eigenvalue weighted by Gasteiger charge is 2.19. The summed E-state index contributed by atoms with van der Waals surface area (Å²) >= 11 is 0. The van der Waals surface area contributed by atoms with Crippen molar-refractivity contribution in [2.75, 3.05) is 0 Å². The molecule has 8 heteroatoms. The first-order chi connectivity index (χ1) is 57.4. The maximum absolute atomic E-state index is 5.21. The van der Waals surface area contributed by atoms with Crippen molar-refractivity contribution in [1.82, 2.24) is 39.9 Å². The van der Waals surface area contributed by atoms with Crippen LogP contribution in [0.4, 0.5) is 0 Å². The smallest absolute Gasteiger partial charge is 0.0972 e. The molecular weight excluding hydrogens is 1410 g/mol. The number of hydrogen-bond donors (Lipinski definition) is 0. The van der Waals surface area contributed by atoms with Crippen LogP contribution >= 0.6 is 0 Å². The Kier molecular flexibility index (Phi) is 16.4. The summed E-state index contributed by atoms with van der Waals surface area (Å²) in [6, 6.07) is 137. The van der Waals surface area contributed by atoms with Crippen molar-refractivity contribution >= 4 is 120 Å². The minimum Gasteiger partial charge on any atom is -0.254 e. The Bertz CT molecular complexity index is 7860. The molecule has 0 atom stereocenters. The molecule has 0 aliphatic rings. The summed E-state index contributed by atoms with van der Waals surface area (Å²) in [5, 5.41) is 15.7. The molecule has 0 spiro atoms. The standard InChI is InChI=1S/C58H36N4.C50H30N4/c1-3-10-37(11-4-1)45-34-46(38-12-5-2-6-13-38)36-47(35-45)54-28-22-43-32-41(20-26-52(43)60-54)42-21-27-53-44(33-42)23-30-55(61-53)50-24-25-51(49-16-8-7-15-48(49)50)56-29-19-40-18-17-39-14-9-31-59-57(39)58(40)62-56;1-2-10-38-31(7-1)8-5-13-41(38)46-26-19-36-29-34(17-23-44(36)52-46)35-18-24-45-37(30-35)20-27-47(53-45)42-21-22-43(40-12-4-3-11-39(40)42)48-25-16-33-15-14-32-9-6-28-51-49(32)50(33)54-48/h1-36H;1-30H. The maximum Gasteiger partial charge on any atom is 0.0972 e. The first-order valence-corrected chi connectivity index (χ1v) is 39.1. The number of pyridine rings is 8. The van der Waals surface area contributed by atoms with Gasteiger partial charge in [0.05, 0.1) is 78.3 Å². The van der Waals surface area contributed by atoms with Crippen LogP contribution in [-0.2, 0) is 0 Å². The largest absolute Gasteiger partial charge is 0.254 e. The third-order valence-electron chi connectivity index (χ3n) is 22.7. The average molecular weight is 1480 g/mol. The van der Waals surface area contributed by atoms with Crippen molar-refractivity contribution in [1.29, 1.82) is 0 Å². The Balaban J connectivity index is 0.000000142. The van der Waals surface area contributed by atoms with Gasteiger partial charge in [-0.15, -0.1) is 0 Å². The summed E-state index contributed by atoms with van der Waals surface area (Å²) in [5.74, 6) is 0. The van der Waals surface area contributed by atoms with Gasteiger partial charge < -0.3 is 0 Å². The SMILES string of the molecule is c1ccc(-c2cc(-c3ccccc3)cc(-c3ccc4cc(-c5ccc6nc(-c7ccc(-c8ccc9ccc%10cccnc%10c9n8)c8ccccc78)ccc6c5)ccc4n3)c2)cc1.c1ccc2c(-c3ccc4cc(-c5ccc6nc(-c7ccc(-c8ccc9ccc%10cccnc%10c9n8)c8ccccc78)ccc6c5)ccc4n3)cccc2c1. The number of aromatic nitrogens is 8. The van der Waals surface area contributed by atoms with Gasteiger partial charge in [0.25, 0.3) is 0 Å². The topological polar surface area (TPSA) is 103 Å². The van der Waals surface area contributed by atoms with Crippen molar-refractivity contribution in [2.24, 2.45) is 0 Å². The molecule has 23 aromatic rings. The van der Waals surface area contributed by atoms with E-state index in [9.17, 15) is 0 Å². The van der Waals surface area contributed by atoms with Crippen molar-refractivity contribution in [2.45, 2.75) is 0 Å². The molecule has 0 radical (unpaired) electrons. The molecule has 0 saturated heterocycles. The first-order valence-electron chi connectivity index (χ1n) is 39.1. The minimum atomic E-state index is 0.914. The fourth-order valence-electron chi connectivity index (χ4n) is 16.9. The Morgan fingerprint density at radius 1 is 0.138 bits per heavy atom. The first kappa shape index (κ1) is 67.3. The Morgan fingerprint density at radius 3 is 0.836 bits per heavy atom. The van der Waals surface area contributed by atoms with E-state index in [-0.39, 0.29) is 0 Å². The summed E-state index contributed by atoms with van der Waals surface area (Å²) in [6.45, 7) is 0. The lowest BCUT2D eigenvalue weighted by molar-refractivity contribution is 1.37. The zero-order chi connectivity index (χ0) is 76.6. The second-order valence-corrected chi connectivity index (χ2v) is 29.7. The molecule has 8 aromatic heterocycles. The molecular formula is C108H66N8. The van der Waals surface area contributed by atoms with E-state index < -0.39 is 0 Å². The van der Waals surface area contributed by atoms with Gasteiger partial charge in [0, 0.05) is 88.9 Å². The lowest BCUT2D eigenvalue weighted by atomic mass is 9.94. The van der Waals surface area contributed by atoms with E-state index in [0.29, 0.717) is 0 Å². The van der Waals surface area contributed by atoms with Crippen LogP contribution in [0.15, 0.2) is 401 Å². The number of nitrogens with zero attached hydrogens (tertiary/aromatic N) is 8. The molecule has 23 rings (SSSR count). The molecule has 8 nitrogen and oxygen atoms in total. The van der Waals surface area contributed by atoms with Crippen molar-refractivity contribution in [3.05, 3.63) is 401 Å². The summed E-state index contributed by atoms with van der Waals surface area (Å²) < 4.78 is 0. The predicted molar refractivity (Wildman–Crippen MR) is 482 cm³/mol. The Hall–Kier alpha value is -15.6. The predicted octanol–water partition coefficient (Wildman–Crippen LogP) is 27.9. The molecule has 8 heterocycles. The van der Waals surface area contributed by atoms with Gasteiger partial charge in [0.1, 0.15) is 0 Å². The molecule has 0 fully saturated rings. The van der Waals surface area contributed by atoms with Crippen LogP contribution < -0.4 is 0 Å². The van der Waals surface area contributed by atoms with E-state index in [1.165, 1.54) is 33.0 Å². The van der Waals surface area contributed by atoms with Gasteiger partial charge >= 0.3 is 0 Å². The van der Waals surface area contributed by atoms with Crippen LogP contribution in [0.25, 0.3) is 232 Å². The summed E-state index contributed by atoms with van der Waals surface area (Å²) in [7, 11) is 0. The van der Waals surface area contributed by atoms with Gasteiger partial charge in [-0.05, 0) is 192 Å². The minimum absolute atomic E-state index is 0.914. The summed E-state index contributed by atoms with van der Waals surface area (Å²) in [5.41, 5.74) is 29.1. The molecule has 538 valence electrons. The quantitative estimate of drug-likeness (QED) is 0.125. The van der Waals surface area contributed by atoms with E-state index >= 15 is 0 Å². The third-order valence-corrected chi connectivity index (χ3v) is 22.7. The van der Waals surface area contributed by atoms with E-state index in [0.717, 1.165) is 199 Å². The molecule has 0 amide bonds. The Morgan fingerprint density at radius 2 is 0.431 bits per heavy atom. The van der Waals surface area contributed by atoms with Gasteiger partial charge in [0.2, 0.25) is 0 Å². The van der Waals surface area contributed by atoms with Crippen LogP contribution in [0.2, 0.25) is 0 Å². The van der Waals surface area contributed by atoms with Gasteiger partial charge in [-0.2, -0.15) is 0 Å². The van der Waals surface area contributed by atoms with Gasteiger partial charge in [0.15, 0.2) is 0 Å². The Labute approximate surface area is 667 Å². The van der Waals surface area contributed by atoms with Crippen LogP contribution in [0.1, 0.15) is 0 Å². The van der Waals surface area contributed by atoms with Crippen molar-refractivity contribution in [3.8, 4) is 112 Å². The monoisotopic (exact) mass is 1470 g/mol. The average Bonchev–Trinajstić information content (AvgIpc) is 0.754. The van der Waals surface area contributed by atoms with Gasteiger partial charge in [-0.3, -0.25) is 9.97 Å². The summed E-state index contributed by atoms with van der Waals surface area (Å²) in [4.78, 5) is 40.3. The van der Waals surface area contributed by atoms with Crippen molar-refractivity contribution in [3.63, 3.8) is 0 Å².